The van der Waals surface area contributed by atoms with Crippen LogP contribution in [0.15, 0.2) is 0 Å². The lowest BCUT2D eigenvalue weighted by molar-refractivity contribution is -0.128. The van der Waals surface area contributed by atoms with Crippen LogP contribution in [0, 0.1) is 11.3 Å². The van der Waals surface area contributed by atoms with E-state index in [0.29, 0.717) is 6.42 Å². The Morgan fingerprint density at radius 3 is 1.73 bits per heavy atom. The number of hydrogen-bond acceptors (Lipinski definition) is 6. The molecule has 0 spiro atoms. The maximum absolute atomic E-state index is 11.9. The fraction of sp³-hybridized carbons (Fsp3) is 0.875. The van der Waals surface area contributed by atoms with E-state index in [-0.39, 0.29) is 18.2 Å². The Morgan fingerprint density at radius 2 is 1.43 bits per heavy atom. The molecule has 0 saturated carbocycles. The fourth-order valence-electron chi connectivity index (χ4n) is 1.61. The summed E-state index contributed by atoms with van der Waals surface area (Å²) >= 11 is 0. The highest BCUT2D eigenvalue weighted by Gasteiger charge is 2.48. The average Bonchev–Trinajstić information content (AvgIpc) is 2.50. The van der Waals surface area contributed by atoms with Crippen LogP contribution in [0.5, 0.6) is 0 Å². The van der Waals surface area contributed by atoms with Gasteiger partial charge < -0.3 is 5.32 Å². The van der Waals surface area contributed by atoms with E-state index in [0.717, 1.165) is 4.72 Å². The van der Waals surface area contributed by atoms with Crippen molar-refractivity contribution in [2.45, 2.75) is 72.4 Å². The molecule has 0 aromatic heterocycles. The monoisotopic (exact) mass is 484 g/mol. The summed E-state index contributed by atoms with van der Waals surface area (Å²) < 4.78 is 87.8. The molecule has 0 aliphatic carbocycles. The summed E-state index contributed by atoms with van der Waals surface area (Å²) in [7, 11) is -9.66. The molecule has 0 aromatic carbocycles. The van der Waals surface area contributed by atoms with Crippen molar-refractivity contribution >= 4 is 32.0 Å². The molecule has 0 aromatic rings. The summed E-state index contributed by atoms with van der Waals surface area (Å²) in [5, 5.41) is 2.59. The molecule has 0 radical (unpaired) electrons. The van der Waals surface area contributed by atoms with E-state index >= 15 is 0 Å². The number of alkyl halides is 3. The molecule has 180 valence electrons. The number of nitrogens with one attached hydrogen (secondary N) is 2. The van der Waals surface area contributed by atoms with Gasteiger partial charge >= 0.3 is 15.5 Å². The van der Waals surface area contributed by atoms with Crippen LogP contribution in [0.25, 0.3) is 0 Å². The number of rotatable bonds is 8. The maximum Gasteiger partial charge on any atom is 0.516 e. The largest absolute Gasteiger partial charge is 0.516 e. The van der Waals surface area contributed by atoms with E-state index in [1.54, 1.807) is 27.7 Å². The SMILES string of the molecule is CCC(C)(C)C(=O)NS(=O)(=O)C(F)(F)F.CCC(C)C(=O)NC(C)(C)CS(=O)(=O)O. The van der Waals surface area contributed by atoms with Gasteiger partial charge in [0.2, 0.25) is 11.8 Å². The second kappa shape index (κ2) is 10.8. The first-order valence-corrected chi connectivity index (χ1v) is 12.0. The molecule has 0 aliphatic rings. The number of carbonyl (C=O) groups excluding carboxylic acids is 2. The number of amides is 2. The van der Waals surface area contributed by atoms with E-state index < -0.39 is 48.3 Å². The third-order valence-electron chi connectivity index (χ3n) is 4.10. The smallest absolute Gasteiger partial charge is 0.350 e. The summed E-state index contributed by atoms with van der Waals surface area (Å²) in [6.07, 6.45) is 0.917. The Hall–Kier alpha value is -1.41. The number of carbonyl (C=O) groups is 2. The molecule has 0 fully saturated rings. The van der Waals surface area contributed by atoms with Gasteiger partial charge in [0.15, 0.2) is 0 Å². The second-order valence-corrected chi connectivity index (χ2v) is 11.2. The van der Waals surface area contributed by atoms with Gasteiger partial charge in [-0.2, -0.15) is 30.0 Å². The molecule has 0 bridgehead atoms. The van der Waals surface area contributed by atoms with Crippen LogP contribution in [0.3, 0.4) is 0 Å². The predicted molar refractivity (Wildman–Crippen MR) is 105 cm³/mol. The molecule has 0 saturated heterocycles. The van der Waals surface area contributed by atoms with Gasteiger partial charge in [-0.1, -0.05) is 34.6 Å². The predicted octanol–water partition coefficient (Wildman–Crippen LogP) is 2.20. The topological polar surface area (TPSA) is 147 Å². The molecule has 0 aliphatic heterocycles. The molecule has 2 amide bonds. The quantitative estimate of drug-likeness (QED) is 0.448. The van der Waals surface area contributed by atoms with Gasteiger partial charge in [0.25, 0.3) is 10.1 Å². The molecule has 1 unspecified atom stereocenters. The van der Waals surface area contributed by atoms with Gasteiger partial charge in [0.1, 0.15) is 0 Å². The highest BCUT2D eigenvalue weighted by atomic mass is 32.2. The van der Waals surface area contributed by atoms with Crippen molar-refractivity contribution in [1.82, 2.24) is 10.0 Å². The van der Waals surface area contributed by atoms with E-state index in [9.17, 15) is 39.6 Å². The molecular formula is C16H31F3N2O7S2. The molecule has 30 heavy (non-hydrogen) atoms. The van der Waals surface area contributed by atoms with Crippen molar-refractivity contribution in [3.05, 3.63) is 0 Å². The zero-order valence-corrected chi connectivity index (χ0v) is 19.7. The summed E-state index contributed by atoms with van der Waals surface area (Å²) in [6, 6.07) is 0. The Kier molecular flexibility index (Phi) is 11.0. The van der Waals surface area contributed by atoms with Crippen molar-refractivity contribution in [2.24, 2.45) is 11.3 Å². The van der Waals surface area contributed by atoms with Crippen LogP contribution in [-0.2, 0) is 29.7 Å². The van der Waals surface area contributed by atoms with Gasteiger partial charge in [0.05, 0.1) is 11.3 Å². The zero-order valence-electron chi connectivity index (χ0n) is 18.0. The van der Waals surface area contributed by atoms with Crippen molar-refractivity contribution < 1.29 is 44.1 Å². The van der Waals surface area contributed by atoms with Gasteiger partial charge in [-0.05, 0) is 26.7 Å². The summed E-state index contributed by atoms with van der Waals surface area (Å²) in [4.78, 5) is 22.7. The Labute approximate surface area is 176 Å². The first-order valence-electron chi connectivity index (χ1n) is 8.92. The van der Waals surface area contributed by atoms with Crippen molar-refractivity contribution in [1.29, 1.82) is 0 Å². The van der Waals surface area contributed by atoms with Crippen LogP contribution in [-0.4, -0.2) is 50.0 Å². The third kappa shape index (κ3) is 11.7. The van der Waals surface area contributed by atoms with Gasteiger partial charge in [-0.15, -0.1) is 0 Å². The minimum atomic E-state index is -5.59. The minimum absolute atomic E-state index is 0.161. The lowest BCUT2D eigenvalue weighted by atomic mass is 9.90. The van der Waals surface area contributed by atoms with Crippen LogP contribution >= 0.6 is 0 Å². The van der Waals surface area contributed by atoms with Crippen LogP contribution in [0.4, 0.5) is 13.2 Å². The average molecular weight is 485 g/mol. The highest BCUT2D eigenvalue weighted by Crippen LogP contribution is 2.25. The molecule has 1 atom stereocenters. The Balaban J connectivity index is 0. The lowest BCUT2D eigenvalue weighted by Gasteiger charge is -2.26. The van der Waals surface area contributed by atoms with Gasteiger partial charge in [0, 0.05) is 11.3 Å². The molecule has 0 heterocycles. The van der Waals surface area contributed by atoms with E-state index in [1.807, 2.05) is 6.92 Å². The molecule has 0 rings (SSSR count). The van der Waals surface area contributed by atoms with Gasteiger partial charge in [-0.25, -0.2) is 4.72 Å². The normalized spacial score (nSPS) is 14.2. The van der Waals surface area contributed by atoms with E-state index in [1.165, 1.54) is 13.8 Å². The van der Waals surface area contributed by atoms with Crippen molar-refractivity contribution in [3.63, 3.8) is 0 Å². The summed E-state index contributed by atoms with van der Waals surface area (Å²) in [5.74, 6) is -2.01. The van der Waals surface area contributed by atoms with Crippen LogP contribution < -0.4 is 10.0 Å². The molecule has 14 heteroatoms. The van der Waals surface area contributed by atoms with E-state index in [2.05, 4.69) is 5.32 Å². The number of halogens is 3. The molecule has 9 nitrogen and oxygen atoms in total. The van der Waals surface area contributed by atoms with Crippen LogP contribution in [0.2, 0.25) is 0 Å². The summed E-state index contributed by atoms with van der Waals surface area (Å²) in [5.41, 5.74) is -7.57. The first kappa shape index (κ1) is 30.8. The van der Waals surface area contributed by atoms with Crippen molar-refractivity contribution in [3.8, 4) is 0 Å². The van der Waals surface area contributed by atoms with Crippen molar-refractivity contribution in [2.75, 3.05) is 5.75 Å². The minimum Gasteiger partial charge on any atom is -0.350 e. The first-order chi connectivity index (χ1) is 13.0. The van der Waals surface area contributed by atoms with Gasteiger partial charge in [-0.3, -0.25) is 14.1 Å². The summed E-state index contributed by atoms with van der Waals surface area (Å²) in [6.45, 7) is 11.0. The maximum atomic E-state index is 11.9. The fourth-order valence-corrected chi connectivity index (χ4v) is 3.23. The standard InChI is InChI=1S/C9H19NO4S.C7H12F3NO3S/c1-5-7(2)8(11)10-9(3,4)6-15(12,13)14;1-4-6(2,3)5(12)11-15(13,14)7(8,9)10/h7H,5-6H2,1-4H3,(H,10,11)(H,12,13,14);4H2,1-3H3,(H,11,12). The van der Waals surface area contributed by atoms with E-state index in [4.69, 9.17) is 4.55 Å². The number of sulfonamides is 1. The Morgan fingerprint density at radius 1 is 1.00 bits per heavy atom. The third-order valence-corrected chi connectivity index (χ3v) is 6.25. The second-order valence-electron chi connectivity index (χ2n) is 8.03. The zero-order chi connectivity index (χ0) is 24.8. The van der Waals surface area contributed by atoms with Crippen LogP contribution in [0.1, 0.15) is 61.3 Å². The number of hydrogen-bond donors (Lipinski definition) is 3. The Bertz CT molecular complexity index is 805. The lowest BCUT2D eigenvalue weighted by Crippen LogP contribution is -2.49. The molecule has 3 N–H and O–H groups in total. The highest BCUT2D eigenvalue weighted by molar-refractivity contribution is 7.90. The molecular weight excluding hydrogens is 453 g/mol.